The molecule has 0 atom stereocenters. The molecule has 0 saturated heterocycles. The van der Waals surface area contributed by atoms with Crippen molar-refractivity contribution in [2.24, 2.45) is 5.73 Å². The highest BCUT2D eigenvalue weighted by molar-refractivity contribution is 5.99. The lowest BCUT2D eigenvalue weighted by Gasteiger charge is -2.23. The molecular weight excluding hydrogens is 292 g/mol. The molecule has 0 aromatic heterocycles. The van der Waals surface area contributed by atoms with E-state index in [9.17, 15) is 9.59 Å². The number of hydrogen-bond acceptors (Lipinski definition) is 3. The van der Waals surface area contributed by atoms with Gasteiger partial charge in [0.15, 0.2) is 0 Å². The number of carbonyl (C=O) groups is 2. The molecule has 5 N–H and O–H groups in total. The smallest absolute Gasteiger partial charge is 0.319 e. The molecule has 0 aliphatic heterocycles. The third kappa shape index (κ3) is 5.56. The van der Waals surface area contributed by atoms with Crippen LogP contribution in [0.1, 0.15) is 44.1 Å². The second kappa shape index (κ2) is 8.53. The Kier molecular flexibility index (Phi) is 6.40. The lowest BCUT2D eigenvalue weighted by atomic mass is 9.96. The molecule has 0 bridgehead atoms. The van der Waals surface area contributed by atoms with Gasteiger partial charge >= 0.3 is 6.03 Å². The van der Waals surface area contributed by atoms with Gasteiger partial charge in [-0.15, -0.1) is 0 Å². The van der Waals surface area contributed by atoms with E-state index in [0.717, 1.165) is 31.2 Å². The number of nitrogens with one attached hydrogen (secondary N) is 3. The summed E-state index contributed by atoms with van der Waals surface area (Å²) in [5.74, 6) is -0.158. The second-order valence-electron chi connectivity index (χ2n) is 6.07. The van der Waals surface area contributed by atoms with Gasteiger partial charge in [-0.1, -0.05) is 25.3 Å². The van der Waals surface area contributed by atoms with Crippen LogP contribution in [0, 0.1) is 6.92 Å². The predicted molar refractivity (Wildman–Crippen MR) is 92.5 cm³/mol. The molecule has 0 radical (unpaired) electrons. The maximum absolute atomic E-state index is 12.2. The Morgan fingerprint density at radius 3 is 2.57 bits per heavy atom. The molecule has 0 spiro atoms. The van der Waals surface area contributed by atoms with Gasteiger partial charge in [-0.25, -0.2) is 4.79 Å². The third-order valence-electron chi connectivity index (χ3n) is 4.01. The summed E-state index contributed by atoms with van der Waals surface area (Å²) in [4.78, 5) is 23.9. The van der Waals surface area contributed by atoms with Gasteiger partial charge in [-0.2, -0.15) is 0 Å². The first-order valence-corrected chi connectivity index (χ1v) is 8.26. The van der Waals surface area contributed by atoms with Gasteiger partial charge in [0.2, 0.25) is 5.91 Å². The molecule has 1 aliphatic carbocycles. The quantitative estimate of drug-likeness (QED) is 0.672. The van der Waals surface area contributed by atoms with Crippen LogP contribution in [0.2, 0.25) is 0 Å². The van der Waals surface area contributed by atoms with E-state index < -0.39 is 0 Å². The Morgan fingerprint density at radius 1 is 1.13 bits per heavy atom. The molecule has 0 unspecified atom stereocenters. The van der Waals surface area contributed by atoms with Crippen molar-refractivity contribution in [3.8, 4) is 0 Å². The van der Waals surface area contributed by atoms with Crippen molar-refractivity contribution in [1.82, 2.24) is 5.32 Å². The van der Waals surface area contributed by atoms with Crippen LogP contribution < -0.4 is 21.7 Å². The molecule has 2 rings (SSSR count). The molecule has 1 fully saturated rings. The fourth-order valence-electron chi connectivity index (χ4n) is 2.81. The Balaban J connectivity index is 2.00. The molecule has 1 aliphatic rings. The number of amides is 3. The van der Waals surface area contributed by atoms with E-state index in [1.807, 2.05) is 19.1 Å². The molecule has 6 nitrogen and oxygen atoms in total. The van der Waals surface area contributed by atoms with Gasteiger partial charge in [0, 0.05) is 19.0 Å². The molecule has 1 saturated carbocycles. The van der Waals surface area contributed by atoms with Crippen molar-refractivity contribution in [3.05, 3.63) is 23.8 Å². The van der Waals surface area contributed by atoms with E-state index in [2.05, 4.69) is 16.0 Å². The summed E-state index contributed by atoms with van der Waals surface area (Å²) in [5, 5.41) is 8.64. The van der Waals surface area contributed by atoms with E-state index in [1.165, 1.54) is 6.42 Å². The lowest BCUT2D eigenvalue weighted by Crippen LogP contribution is -2.39. The van der Waals surface area contributed by atoms with Crippen LogP contribution in [0.15, 0.2) is 18.2 Å². The normalized spacial score (nSPS) is 15.0. The van der Waals surface area contributed by atoms with Crippen molar-refractivity contribution < 1.29 is 9.59 Å². The number of nitrogens with two attached hydrogens (primary N) is 1. The van der Waals surface area contributed by atoms with Gasteiger partial charge in [0.25, 0.3) is 0 Å². The van der Waals surface area contributed by atoms with Gasteiger partial charge in [0.1, 0.15) is 0 Å². The summed E-state index contributed by atoms with van der Waals surface area (Å²) in [5.41, 5.74) is 7.59. The number of carbonyl (C=O) groups excluding carboxylic acids is 2. The molecule has 6 heteroatoms. The second-order valence-corrected chi connectivity index (χ2v) is 6.07. The SMILES string of the molecule is Cc1ccc(NC(=O)NC2CCCCC2)c(NC(=O)CCN)c1. The minimum absolute atomic E-state index is 0.158. The van der Waals surface area contributed by atoms with Crippen molar-refractivity contribution >= 4 is 23.3 Å². The van der Waals surface area contributed by atoms with Crippen LogP contribution in [-0.4, -0.2) is 24.5 Å². The fraction of sp³-hybridized carbons (Fsp3) is 0.529. The first kappa shape index (κ1) is 17.3. The molecule has 3 amide bonds. The average molecular weight is 318 g/mol. The van der Waals surface area contributed by atoms with Crippen LogP contribution in [0.3, 0.4) is 0 Å². The summed E-state index contributed by atoms with van der Waals surface area (Å²) in [6.45, 7) is 2.23. The number of hydrogen-bond donors (Lipinski definition) is 4. The first-order valence-electron chi connectivity index (χ1n) is 8.26. The van der Waals surface area contributed by atoms with Gasteiger partial charge < -0.3 is 21.7 Å². The van der Waals surface area contributed by atoms with Crippen molar-refractivity contribution in [2.75, 3.05) is 17.2 Å². The molecule has 126 valence electrons. The summed E-state index contributed by atoms with van der Waals surface area (Å²) >= 11 is 0. The Morgan fingerprint density at radius 2 is 1.87 bits per heavy atom. The van der Waals surface area contributed by atoms with E-state index in [0.29, 0.717) is 17.9 Å². The van der Waals surface area contributed by atoms with E-state index in [-0.39, 0.29) is 24.4 Å². The maximum Gasteiger partial charge on any atom is 0.319 e. The summed E-state index contributed by atoms with van der Waals surface area (Å²) in [6, 6.07) is 5.55. The monoisotopic (exact) mass is 318 g/mol. The molecule has 0 heterocycles. The number of aryl methyl sites for hydroxylation is 1. The van der Waals surface area contributed by atoms with E-state index in [4.69, 9.17) is 5.73 Å². The highest BCUT2D eigenvalue weighted by Gasteiger charge is 2.16. The number of urea groups is 1. The highest BCUT2D eigenvalue weighted by atomic mass is 16.2. The average Bonchev–Trinajstić information content (AvgIpc) is 2.51. The van der Waals surface area contributed by atoms with Crippen molar-refractivity contribution in [3.63, 3.8) is 0 Å². The largest absolute Gasteiger partial charge is 0.335 e. The minimum atomic E-state index is -0.227. The molecule has 1 aromatic rings. The number of rotatable bonds is 5. The summed E-state index contributed by atoms with van der Waals surface area (Å²) < 4.78 is 0. The molecular formula is C17H26N4O2. The summed E-state index contributed by atoms with van der Waals surface area (Å²) in [6.07, 6.45) is 5.88. The number of anilines is 2. The van der Waals surface area contributed by atoms with Crippen LogP contribution in [0.25, 0.3) is 0 Å². The highest BCUT2D eigenvalue weighted by Crippen LogP contribution is 2.24. The zero-order valence-corrected chi connectivity index (χ0v) is 13.7. The van der Waals surface area contributed by atoms with E-state index >= 15 is 0 Å². The van der Waals surface area contributed by atoms with Crippen LogP contribution >= 0.6 is 0 Å². The van der Waals surface area contributed by atoms with Gasteiger partial charge in [-0.3, -0.25) is 4.79 Å². The van der Waals surface area contributed by atoms with Gasteiger partial charge in [0.05, 0.1) is 11.4 Å². The fourth-order valence-corrected chi connectivity index (χ4v) is 2.81. The van der Waals surface area contributed by atoms with Crippen LogP contribution in [0.4, 0.5) is 16.2 Å². The van der Waals surface area contributed by atoms with Crippen molar-refractivity contribution in [2.45, 2.75) is 51.5 Å². The minimum Gasteiger partial charge on any atom is -0.335 e. The van der Waals surface area contributed by atoms with Crippen molar-refractivity contribution in [1.29, 1.82) is 0 Å². The molecule has 1 aromatic carbocycles. The standard InChI is InChI=1S/C17H26N4O2/c1-12-7-8-14(15(11-12)20-16(22)9-10-18)21-17(23)19-13-5-3-2-4-6-13/h7-8,11,13H,2-6,9-10,18H2,1H3,(H,20,22)(H2,19,21,23). The Labute approximate surface area is 137 Å². The zero-order chi connectivity index (χ0) is 16.7. The maximum atomic E-state index is 12.2. The zero-order valence-electron chi connectivity index (χ0n) is 13.7. The molecule has 23 heavy (non-hydrogen) atoms. The topological polar surface area (TPSA) is 96.2 Å². The van der Waals surface area contributed by atoms with E-state index in [1.54, 1.807) is 6.07 Å². The Hall–Kier alpha value is -2.08. The lowest BCUT2D eigenvalue weighted by molar-refractivity contribution is -0.116. The van der Waals surface area contributed by atoms with Crippen LogP contribution in [-0.2, 0) is 4.79 Å². The number of benzene rings is 1. The third-order valence-corrected chi connectivity index (χ3v) is 4.01. The van der Waals surface area contributed by atoms with Crippen LogP contribution in [0.5, 0.6) is 0 Å². The predicted octanol–water partition coefficient (Wildman–Crippen LogP) is 2.74. The first-order chi connectivity index (χ1) is 11.1. The Bertz CT molecular complexity index is 554. The van der Waals surface area contributed by atoms with Gasteiger partial charge in [-0.05, 0) is 37.5 Å². The summed E-state index contributed by atoms with van der Waals surface area (Å²) in [7, 11) is 0.